The zero-order valence-corrected chi connectivity index (χ0v) is 29.0. The highest BCUT2D eigenvalue weighted by atomic mass is 16.7. The summed E-state index contributed by atoms with van der Waals surface area (Å²) in [5.41, 5.74) is -1.84. The first kappa shape index (κ1) is 35.8. The van der Waals surface area contributed by atoms with Crippen LogP contribution in [0.2, 0.25) is 0 Å². The number of likely N-dealkylation sites (N-methyl/N-ethyl adjacent to an activating group) is 2. The number of ether oxygens (including phenoxy) is 4. The fourth-order valence-electron chi connectivity index (χ4n) is 7.94. The Morgan fingerprint density at radius 2 is 1.43 bits per heavy atom. The molecule has 0 saturated carbocycles. The van der Waals surface area contributed by atoms with E-state index in [1.165, 1.54) is 24.3 Å². The Labute approximate surface area is 285 Å². The van der Waals surface area contributed by atoms with Crippen LogP contribution in [0.15, 0.2) is 24.3 Å². The van der Waals surface area contributed by atoms with Crippen molar-refractivity contribution in [3.05, 3.63) is 57.6 Å². The second kappa shape index (κ2) is 13.3. The predicted molar refractivity (Wildman–Crippen MR) is 175 cm³/mol. The molecule has 2 saturated heterocycles. The van der Waals surface area contributed by atoms with Crippen molar-refractivity contribution in [3.63, 3.8) is 0 Å². The molecule has 0 amide bonds. The zero-order valence-electron chi connectivity index (χ0n) is 29.0. The summed E-state index contributed by atoms with van der Waals surface area (Å²) in [4.78, 5) is 31.6. The lowest BCUT2D eigenvalue weighted by atomic mass is 9.71. The standard InChI is InChI=1S/C36H48N2O11/c1-8-36(45)15-24(48-25-13-21(37(4)5)30(40)16(2)46-25)19-12-20-28(33(43)27-18(32(20)42)10-9-11-23(27)39)34(44)29(19)35(36)49-26-14-22(38(6)7)31(41)17(3)47-26/h9-12,16-17,21-22,24-26,30-31,35,39-41,44-45H,8,13-15H2,1-7H3. The molecule has 0 spiro atoms. The SMILES string of the molecule is CCC1(O)CC(OC2CC(N(C)C)C(O)C(C)O2)c2cc3c(c(O)c2C1OC1CC(N(C)C)C(O)C(C)O1)C(=O)c1c(O)cccc1C3=O. The molecule has 2 aromatic rings. The highest BCUT2D eigenvalue weighted by Gasteiger charge is 2.52. The maximum atomic E-state index is 14.0. The van der Waals surface area contributed by atoms with Crippen molar-refractivity contribution >= 4 is 11.6 Å². The molecule has 4 aliphatic rings. The molecule has 13 heteroatoms. The minimum atomic E-state index is -1.66. The van der Waals surface area contributed by atoms with Crippen LogP contribution in [-0.4, -0.2) is 130 Å². The maximum absolute atomic E-state index is 14.0. The summed E-state index contributed by atoms with van der Waals surface area (Å²) in [6.45, 7) is 5.25. The number of hydrogen-bond donors (Lipinski definition) is 5. The van der Waals surface area contributed by atoms with E-state index in [9.17, 15) is 35.1 Å². The van der Waals surface area contributed by atoms with E-state index in [2.05, 4.69) is 0 Å². The second-order valence-corrected chi connectivity index (χ2v) is 14.4. The van der Waals surface area contributed by atoms with E-state index in [4.69, 9.17) is 18.9 Å². The van der Waals surface area contributed by atoms with Gasteiger partial charge >= 0.3 is 0 Å². The fraction of sp³-hybridized carbons (Fsp3) is 0.611. The van der Waals surface area contributed by atoms with Crippen LogP contribution in [0.5, 0.6) is 11.5 Å². The van der Waals surface area contributed by atoms with Gasteiger partial charge in [-0.2, -0.15) is 0 Å². The number of phenolic OH excluding ortho intramolecular Hbond substituents is 2. The van der Waals surface area contributed by atoms with Crippen LogP contribution >= 0.6 is 0 Å². The first-order chi connectivity index (χ1) is 23.1. The van der Waals surface area contributed by atoms with Gasteiger partial charge in [-0.15, -0.1) is 0 Å². The summed E-state index contributed by atoms with van der Waals surface area (Å²) >= 11 is 0. The lowest BCUT2D eigenvalue weighted by Gasteiger charge is -2.48. The van der Waals surface area contributed by atoms with E-state index < -0.39 is 77.9 Å². The van der Waals surface area contributed by atoms with Crippen molar-refractivity contribution in [2.45, 2.75) is 113 Å². The summed E-state index contributed by atoms with van der Waals surface area (Å²) in [6, 6.07) is 5.12. The first-order valence-corrected chi connectivity index (χ1v) is 16.9. The van der Waals surface area contributed by atoms with Crippen molar-refractivity contribution in [2.75, 3.05) is 28.2 Å². The Morgan fingerprint density at radius 1 is 0.857 bits per heavy atom. The Bertz CT molecular complexity index is 1610. The number of aromatic hydroxyl groups is 2. The molecular weight excluding hydrogens is 636 g/mol. The average molecular weight is 685 g/mol. The Kier molecular flexibility index (Phi) is 9.72. The number of aliphatic hydroxyl groups is 3. The minimum absolute atomic E-state index is 0.00752. The molecule has 6 rings (SSSR count). The summed E-state index contributed by atoms with van der Waals surface area (Å²) in [7, 11) is 7.39. The van der Waals surface area contributed by atoms with Gasteiger partial charge in [-0.3, -0.25) is 9.59 Å². The second-order valence-electron chi connectivity index (χ2n) is 14.4. The zero-order chi connectivity index (χ0) is 35.7. The van der Waals surface area contributed by atoms with Gasteiger partial charge in [-0.05, 0) is 66.2 Å². The van der Waals surface area contributed by atoms with Gasteiger partial charge in [0.25, 0.3) is 0 Å². The van der Waals surface area contributed by atoms with E-state index in [-0.39, 0.29) is 59.2 Å². The molecule has 49 heavy (non-hydrogen) atoms. The van der Waals surface area contributed by atoms with E-state index in [1.54, 1.807) is 20.8 Å². The molecule has 2 aliphatic carbocycles. The number of hydrogen-bond acceptors (Lipinski definition) is 13. The molecular formula is C36H48N2O11. The monoisotopic (exact) mass is 684 g/mol. The average Bonchev–Trinajstić information content (AvgIpc) is 3.04. The number of ketones is 2. The highest BCUT2D eigenvalue weighted by molar-refractivity contribution is 6.30. The number of aliphatic hydroxyl groups excluding tert-OH is 2. The Hall–Kier alpha value is -2.98. The largest absolute Gasteiger partial charge is 0.507 e. The Morgan fingerprint density at radius 3 is 1.98 bits per heavy atom. The van der Waals surface area contributed by atoms with Gasteiger partial charge in [0.2, 0.25) is 5.78 Å². The molecule has 13 nitrogen and oxygen atoms in total. The smallest absolute Gasteiger partial charge is 0.201 e. The lowest BCUT2D eigenvalue weighted by molar-refractivity contribution is -0.289. The highest BCUT2D eigenvalue weighted by Crippen LogP contribution is 2.55. The number of nitrogens with zero attached hydrogens (tertiary/aromatic N) is 2. The number of carbonyl (C=O) groups excluding carboxylic acids is 2. The summed E-state index contributed by atoms with van der Waals surface area (Å²) in [6.07, 6.45) is -5.98. The third-order valence-electron chi connectivity index (χ3n) is 10.9. The molecule has 2 fully saturated rings. The Balaban J connectivity index is 1.48. The number of carbonyl (C=O) groups is 2. The third kappa shape index (κ3) is 6.08. The topological polar surface area (TPSA) is 179 Å². The quantitative estimate of drug-likeness (QED) is 0.245. The first-order valence-electron chi connectivity index (χ1n) is 16.9. The van der Waals surface area contributed by atoms with E-state index in [1.807, 2.05) is 38.0 Å². The van der Waals surface area contributed by atoms with Gasteiger partial charge in [-0.1, -0.05) is 19.1 Å². The fourth-order valence-corrected chi connectivity index (χ4v) is 7.94. The maximum Gasteiger partial charge on any atom is 0.201 e. The van der Waals surface area contributed by atoms with E-state index in [0.29, 0.717) is 12.0 Å². The van der Waals surface area contributed by atoms with E-state index >= 15 is 0 Å². The van der Waals surface area contributed by atoms with Crippen LogP contribution in [0.4, 0.5) is 0 Å². The van der Waals surface area contributed by atoms with Crippen molar-refractivity contribution in [1.29, 1.82) is 0 Å². The molecule has 0 bridgehead atoms. The van der Waals surface area contributed by atoms with Crippen molar-refractivity contribution in [2.24, 2.45) is 0 Å². The van der Waals surface area contributed by atoms with Crippen LogP contribution in [0.1, 0.15) is 102 Å². The predicted octanol–water partition coefficient (Wildman–Crippen LogP) is 2.39. The summed E-state index contributed by atoms with van der Waals surface area (Å²) in [5, 5.41) is 56.7. The molecule has 268 valence electrons. The van der Waals surface area contributed by atoms with Crippen LogP contribution in [0, 0.1) is 0 Å². The lowest BCUT2D eigenvalue weighted by Crippen LogP contribution is -2.55. The van der Waals surface area contributed by atoms with Gasteiger partial charge in [0.15, 0.2) is 18.4 Å². The van der Waals surface area contributed by atoms with Gasteiger partial charge in [0.05, 0.1) is 47.2 Å². The van der Waals surface area contributed by atoms with Gasteiger partial charge < -0.3 is 54.3 Å². The number of phenols is 2. The minimum Gasteiger partial charge on any atom is -0.507 e. The molecule has 2 heterocycles. The number of benzene rings is 2. The normalized spacial score (nSPS) is 36.1. The molecule has 2 aromatic carbocycles. The molecule has 0 radical (unpaired) electrons. The van der Waals surface area contributed by atoms with Crippen LogP contribution in [0.3, 0.4) is 0 Å². The molecule has 0 aromatic heterocycles. The van der Waals surface area contributed by atoms with Crippen LogP contribution in [0.25, 0.3) is 0 Å². The van der Waals surface area contributed by atoms with Crippen molar-refractivity contribution in [3.8, 4) is 11.5 Å². The van der Waals surface area contributed by atoms with Crippen LogP contribution in [-0.2, 0) is 18.9 Å². The van der Waals surface area contributed by atoms with Crippen molar-refractivity contribution in [1.82, 2.24) is 9.80 Å². The van der Waals surface area contributed by atoms with E-state index in [0.717, 1.165) is 0 Å². The third-order valence-corrected chi connectivity index (χ3v) is 10.9. The molecule has 2 aliphatic heterocycles. The molecule has 11 atom stereocenters. The van der Waals surface area contributed by atoms with Crippen LogP contribution < -0.4 is 0 Å². The summed E-state index contributed by atoms with van der Waals surface area (Å²) in [5.74, 6) is -2.25. The molecule has 5 N–H and O–H groups in total. The van der Waals surface area contributed by atoms with Gasteiger partial charge in [0, 0.05) is 48.0 Å². The van der Waals surface area contributed by atoms with Gasteiger partial charge in [-0.25, -0.2) is 0 Å². The number of rotatable bonds is 7. The van der Waals surface area contributed by atoms with Gasteiger partial charge in [0.1, 0.15) is 17.6 Å². The van der Waals surface area contributed by atoms with Crippen molar-refractivity contribution < 1.29 is 54.1 Å². The summed E-state index contributed by atoms with van der Waals surface area (Å²) < 4.78 is 25.3. The molecule has 11 unspecified atom stereocenters. The number of fused-ring (bicyclic) bond motifs is 3.